The highest BCUT2D eigenvalue weighted by molar-refractivity contribution is 7.11. The van der Waals surface area contributed by atoms with Gasteiger partial charge in [0.1, 0.15) is 11.2 Å². The van der Waals surface area contributed by atoms with Crippen LogP contribution in [0.15, 0.2) is 30.3 Å². The maximum atomic E-state index is 12.3. The van der Waals surface area contributed by atoms with Crippen LogP contribution < -0.4 is 0 Å². The topological polar surface area (TPSA) is 59.0 Å². The normalized spacial score (nSPS) is 19.4. The Labute approximate surface area is 115 Å². The number of piperidine rings is 1. The zero-order valence-corrected chi connectivity index (χ0v) is 11.2. The molecular weight excluding hydrogens is 260 g/mol. The molecule has 0 aromatic carbocycles. The van der Waals surface area contributed by atoms with Gasteiger partial charge < -0.3 is 4.90 Å². The van der Waals surface area contributed by atoms with Crippen molar-refractivity contribution in [2.24, 2.45) is 0 Å². The molecule has 1 atom stereocenters. The summed E-state index contributed by atoms with van der Waals surface area (Å²) >= 11 is 1.39. The highest BCUT2D eigenvalue weighted by Crippen LogP contribution is 2.26. The molecule has 1 amide bonds. The molecule has 0 spiro atoms. The largest absolute Gasteiger partial charge is 0.337 e. The van der Waals surface area contributed by atoms with E-state index in [-0.39, 0.29) is 5.91 Å². The van der Waals surface area contributed by atoms with Gasteiger partial charge in [0.25, 0.3) is 5.91 Å². The Kier molecular flexibility index (Phi) is 3.50. The first-order chi connectivity index (χ1) is 9.34. The van der Waals surface area contributed by atoms with Crippen LogP contribution in [0.4, 0.5) is 0 Å². The third-order valence-electron chi connectivity index (χ3n) is 3.37. The lowest BCUT2D eigenvalue weighted by molar-refractivity contribution is 0.0710. The van der Waals surface area contributed by atoms with Crippen molar-refractivity contribution in [3.63, 3.8) is 0 Å². The minimum absolute atomic E-state index is 0.0845. The molecule has 0 radical (unpaired) electrons. The van der Waals surface area contributed by atoms with Crippen molar-refractivity contribution >= 4 is 17.2 Å². The molecule has 0 aliphatic carbocycles. The fourth-order valence-electron chi connectivity index (χ4n) is 2.42. The molecule has 5 nitrogen and oxygen atoms in total. The van der Waals surface area contributed by atoms with Crippen LogP contribution in [0.25, 0.3) is 0 Å². The molecule has 19 heavy (non-hydrogen) atoms. The highest BCUT2D eigenvalue weighted by atomic mass is 32.1. The van der Waals surface area contributed by atoms with Crippen LogP contribution in [0, 0.1) is 0 Å². The average Bonchev–Trinajstić information content (AvgIpc) is 3.02. The van der Waals surface area contributed by atoms with Gasteiger partial charge in [-0.2, -0.15) is 0 Å². The number of nitrogens with zero attached hydrogens (tertiary/aromatic N) is 4. The van der Waals surface area contributed by atoms with Crippen molar-refractivity contribution in [3.05, 3.63) is 40.9 Å². The molecule has 6 heteroatoms. The summed E-state index contributed by atoms with van der Waals surface area (Å²) in [6.07, 6.45) is 7.05. The highest BCUT2D eigenvalue weighted by Gasteiger charge is 2.26. The van der Waals surface area contributed by atoms with E-state index in [1.807, 2.05) is 11.0 Å². The molecule has 1 fully saturated rings. The minimum Gasteiger partial charge on any atom is -0.337 e. The van der Waals surface area contributed by atoms with Gasteiger partial charge in [0.15, 0.2) is 0 Å². The van der Waals surface area contributed by atoms with Crippen molar-refractivity contribution in [2.45, 2.75) is 18.8 Å². The lowest BCUT2D eigenvalue weighted by atomic mass is 9.94. The summed E-state index contributed by atoms with van der Waals surface area (Å²) in [6, 6.07) is 1.94. The molecular formula is C13H14N4OS. The molecule has 1 aliphatic heterocycles. The summed E-state index contributed by atoms with van der Waals surface area (Å²) in [6.45, 7) is 1.55. The van der Waals surface area contributed by atoms with Crippen molar-refractivity contribution in [3.8, 4) is 0 Å². The first-order valence-electron chi connectivity index (χ1n) is 6.28. The van der Waals surface area contributed by atoms with Gasteiger partial charge in [-0.05, 0) is 18.9 Å². The molecule has 0 N–H and O–H groups in total. The first kappa shape index (κ1) is 12.2. The Morgan fingerprint density at radius 3 is 3.11 bits per heavy atom. The number of hydrogen-bond donors (Lipinski definition) is 0. The summed E-state index contributed by atoms with van der Waals surface area (Å²) in [4.78, 5) is 27.1. The summed E-state index contributed by atoms with van der Waals surface area (Å²) in [5, 5.41) is 0. The standard InChI is InChI=1S/C13H14N4OS/c18-13(12-6-15-9-19-12)17-5-1-2-10(7-17)11-3-4-14-8-16-11/h3-4,6,8-10H,1-2,5,7H2. The van der Waals surface area contributed by atoms with E-state index in [1.165, 1.54) is 11.3 Å². The number of aromatic nitrogens is 3. The molecule has 2 aromatic rings. The van der Waals surface area contributed by atoms with Crippen molar-refractivity contribution < 1.29 is 4.79 Å². The molecule has 98 valence electrons. The second kappa shape index (κ2) is 5.44. The summed E-state index contributed by atoms with van der Waals surface area (Å²) < 4.78 is 0. The first-order valence-corrected chi connectivity index (χ1v) is 7.16. The monoisotopic (exact) mass is 274 g/mol. The average molecular weight is 274 g/mol. The lowest BCUT2D eigenvalue weighted by Gasteiger charge is -2.32. The van der Waals surface area contributed by atoms with E-state index in [9.17, 15) is 4.79 Å². The van der Waals surface area contributed by atoms with Crippen molar-refractivity contribution in [1.29, 1.82) is 0 Å². The van der Waals surface area contributed by atoms with E-state index in [2.05, 4.69) is 15.0 Å². The number of carbonyl (C=O) groups excluding carboxylic acids is 1. The maximum Gasteiger partial charge on any atom is 0.265 e. The zero-order chi connectivity index (χ0) is 13.1. The molecule has 2 aromatic heterocycles. The summed E-state index contributed by atoms with van der Waals surface area (Å²) in [5.74, 6) is 0.398. The maximum absolute atomic E-state index is 12.3. The van der Waals surface area contributed by atoms with E-state index in [0.717, 1.165) is 31.6 Å². The van der Waals surface area contributed by atoms with Gasteiger partial charge >= 0.3 is 0 Å². The molecule has 1 unspecified atom stereocenters. The van der Waals surface area contributed by atoms with Gasteiger partial charge in [0.05, 0.1) is 11.7 Å². The lowest BCUT2D eigenvalue weighted by Crippen LogP contribution is -2.39. The van der Waals surface area contributed by atoms with Crippen LogP contribution in [0.2, 0.25) is 0 Å². The molecule has 3 heterocycles. The molecule has 1 saturated heterocycles. The number of thiazole rings is 1. The number of amides is 1. The number of rotatable bonds is 2. The van der Waals surface area contributed by atoms with Crippen molar-refractivity contribution in [1.82, 2.24) is 19.9 Å². The van der Waals surface area contributed by atoms with Crippen LogP contribution in [-0.2, 0) is 0 Å². The predicted molar refractivity (Wildman–Crippen MR) is 72.0 cm³/mol. The third-order valence-corrected chi connectivity index (χ3v) is 4.14. The van der Waals surface area contributed by atoms with Gasteiger partial charge in [-0.15, -0.1) is 11.3 Å². The van der Waals surface area contributed by atoms with E-state index in [0.29, 0.717) is 10.8 Å². The molecule has 1 aliphatic rings. The Balaban J connectivity index is 1.73. The van der Waals surface area contributed by atoms with Gasteiger partial charge in [-0.3, -0.25) is 9.78 Å². The van der Waals surface area contributed by atoms with Gasteiger partial charge in [-0.25, -0.2) is 9.97 Å². The molecule has 0 bridgehead atoms. The van der Waals surface area contributed by atoms with E-state index >= 15 is 0 Å². The van der Waals surface area contributed by atoms with Crippen LogP contribution in [0.5, 0.6) is 0 Å². The second-order valence-corrected chi connectivity index (χ2v) is 5.48. The Hall–Kier alpha value is -1.82. The number of hydrogen-bond acceptors (Lipinski definition) is 5. The van der Waals surface area contributed by atoms with Crippen LogP contribution in [-0.4, -0.2) is 38.8 Å². The van der Waals surface area contributed by atoms with Gasteiger partial charge in [0, 0.05) is 30.9 Å². The smallest absolute Gasteiger partial charge is 0.265 e. The quantitative estimate of drug-likeness (QED) is 0.840. The van der Waals surface area contributed by atoms with Gasteiger partial charge in [-0.1, -0.05) is 0 Å². The van der Waals surface area contributed by atoms with Gasteiger partial charge in [0.2, 0.25) is 0 Å². The van der Waals surface area contributed by atoms with E-state index in [1.54, 1.807) is 24.2 Å². The van der Waals surface area contributed by atoms with Crippen LogP contribution in [0.3, 0.4) is 0 Å². The predicted octanol–water partition coefficient (Wildman–Crippen LogP) is 1.95. The number of likely N-dealkylation sites (tertiary alicyclic amines) is 1. The third kappa shape index (κ3) is 2.63. The van der Waals surface area contributed by atoms with E-state index < -0.39 is 0 Å². The summed E-state index contributed by atoms with van der Waals surface area (Å²) in [5.41, 5.74) is 2.72. The second-order valence-electron chi connectivity index (χ2n) is 4.59. The fraction of sp³-hybridized carbons (Fsp3) is 0.385. The number of carbonyl (C=O) groups is 1. The Morgan fingerprint density at radius 2 is 2.37 bits per heavy atom. The minimum atomic E-state index is 0.0845. The molecule has 0 saturated carbocycles. The van der Waals surface area contributed by atoms with Crippen LogP contribution in [0.1, 0.15) is 34.1 Å². The Bertz CT molecular complexity index is 543. The SMILES string of the molecule is O=C(c1cncs1)N1CCCC(c2ccncn2)C1. The Morgan fingerprint density at radius 1 is 1.42 bits per heavy atom. The van der Waals surface area contributed by atoms with Crippen molar-refractivity contribution in [2.75, 3.05) is 13.1 Å². The molecule has 3 rings (SSSR count). The summed E-state index contributed by atoms with van der Waals surface area (Å²) in [7, 11) is 0. The van der Waals surface area contributed by atoms with Crippen LogP contribution >= 0.6 is 11.3 Å². The fourth-order valence-corrected chi connectivity index (χ4v) is 3.01. The zero-order valence-electron chi connectivity index (χ0n) is 10.4. The van der Waals surface area contributed by atoms with E-state index in [4.69, 9.17) is 0 Å².